The Balaban J connectivity index is 1.80. The number of benzene rings is 1. The molecule has 0 spiro atoms. The number of carbonyl (C=O) groups is 2. The Hall–Kier alpha value is -2.08. The highest BCUT2D eigenvalue weighted by molar-refractivity contribution is 5.67. The van der Waals surface area contributed by atoms with E-state index in [4.69, 9.17) is 9.57 Å². The lowest BCUT2D eigenvalue weighted by Crippen LogP contribution is -2.49. The first-order chi connectivity index (χ1) is 13.1. The van der Waals surface area contributed by atoms with Crippen LogP contribution in [0.4, 0.5) is 4.79 Å². The minimum atomic E-state index is -0.427. The molecule has 1 saturated heterocycles. The number of likely N-dealkylation sites (tertiary alicyclic amines) is 1. The molecule has 1 aliphatic rings. The summed E-state index contributed by atoms with van der Waals surface area (Å²) in [5.41, 5.74) is 0.153. The predicted octanol–water partition coefficient (Wildman–Crippen LogP) is 4.39. The monoisotopic (exact) mass is 390 g/mol. The van der Waals surface area contributed by atoms with Gasteiger partial charge in [-0.25, -0.2) is 9.86 Å². The van der Waals surface area contributed by atoms with Gasteiger partial charge in [0.15, 0.2) is 0 Å². The smallest absolute Gasteiger partial charge is 0.410 e. The quantitative estimate of drug-likeness (QED) is 0.512. The van der Waals surface area contributed by atoms with Gasteiger partial charge >= 0.3 is 6.09 Å². The van der Waals surface area contributed by atoms with E-state index in [0.717, 1.165) is 31.2 Å². The number of ether oxygens (including phenoxy) is 1. The van der Waals surface area contributed by atoms with Gasteiger partial charge in [0.25, 0.3) is 0 Å². The number of hydrogen-bond donors (Lipinski definition) is 0. The number of amides is 2. The van der Waals surface area contributed by atoms with Crippen molar-refractivity contribution in [3.05, 3.63) is 35.9 Å². The Morgan fingerprint density at radius 3 is 2.29 bits per heavy atom. The highest BCUT2D eigenvalue weighted by Crippen LogP contribution is 2.31. The first kappa shape index (κ1) is 22.2. The third kappa shape index (κ3) is 6.82. The van der Waals surface area contributed by atoms with Gasteiger partial charge in [-0.3, -0.25) is 9.63 Å². The van der Waals surface area contributed by atoms with E-state index in [1.807, 2.05) is 65.0 Å². The minimum Gasteiger partial charge on any atom is -0.445 e. The molecule has 6 nitrogen and oxygen atoms in total. The zero-order valence-corrected chi connectivity index (χ0v) is 17.8. The lowest BCUT2D eigenvalue weighted by molar-refractivity contribution is -0.252. The van der Waals surface area contributed by atoms with Crippen molar-refractivity contribution >= 4 is 12.5 Å². The first-order valence-electron chi connectivity index (χ1n) is 10.00. The van der Waals surface area contributed by atoms with Crippen LogP contribution < -0.4 is 0 Å². The van der Waals surface area contributed by atoms with Gasteiger partial charge in [0.05, 0.1) is 11.1 Å². The van der Waals surface area contributed by atoms with Crippen LogP contribution in [-0.4, -0.2) is 46.7 Å². The third-order valence-electron chi connectivity index (χ3n) is 4.93. The molecule has 1 heterocycles. The highest BCUT2D eigenvalue weighted by Gasteiger charge is 2.34. The number of hydroxylamine groups is 2. The molecule has 0 radical (unpaired) electrons. The molecule has 0 N–H and O–H groups in total. The second-order valence-corrected chi connectivity index (χ2v) is 9.12. The lowest BCUT2D eigenvalue weighted by atomic mass is 9.84. The summed E-state index contributed by atoms with van der Waals surface area (Å²) >= 11 is 0. The van der Waals surface area contributed by atoms with Crippen LogP contribution in [0.25, 0.3) is 0 Å². The molecule has 0 saturated carbocycles. The number of nitrogens with zero attached hydrogens (tertiary/aromatic N) is 2. The number of piperidine rings is 1. The fourth-order valence-electron chi connectivity index (χ4n) is 3.51. The van der Waals surface area contributed by atoms with E-state index in [1.165, 1.54) is 5.06 Å². The lowest BCUT2D eigenvalue weighted by Gasteiger charge is -2.42. The molecule has 0 unspecified atom stereocenters. The van der Waals surface area contributed by atoms with Crippen molar-refractivity contribution in [3.8, 4) is 0 Å². The van der Waals surface area contributed by atoms with Crippen molar-refractivity contribution in [2.75, 3.05) is 13.1 Å². The second-order valence-electron chi connectivity index (χ2n) is 9.12. The summed E-state index contributed by atoms with van der Waals surface area (Å²) < 4.78 is 5.43. The molecule has 1 aromatic rings. The fourth-order valence-corrected chi connectivity index (χ4v) is 3.51. The summed E-state index contributed by atoms with van der Waals surface area (Å²) in [4.78, 5) is 31.4. The summed E-state index contributed by atoms with van der Waals surface area (Å²) in [5, 5.41) is 1.44. The fraction of sp³-hybridized carbons (Fsp3) is 0.636. The van der Waals surface area contributed by atoms with Crippen LogP contribution in [0.3, 0.4) is 0 Å². The molecule has 2 rings (SSSR count). The molecular formula is C22H34N2O4. The molecule has 28 heavy (non-hydrogen) atoms. The normalized spacial score (nSPS) is 16.0. The zero-order chi connectivity index (χ0) is 20.8. The van der Waals surface area contributed by atoms with Crippen LogP contribution >= 0.6 is 0 Å². The first-order valence-corrected chi connectivity index (χ1v) is 10.00. The Labute approximate surface area is 168 Å². The molecule has 1 aromatic carbocycles. The van der Waals surface area contributed by atoms with E-state index >= 15 is 0 Å². The maximum absolute atomic E-state index is 12.3. The standard InChI is InChI=1S/C22H34N2O4/c1-21(2,3)28-24(17-25)22(4,5)15-18-11-13-23(14-12-18)20(26)27-16-19-9-7-6-8-10-19/h6-10,17-18H,11-16H2,1-5H3. The summed E-state index contributed by atoms with van der Waals surface area (Å²) in [6, 6.07) is 9.70. The molecule has 6 heteroatoms. The van der Waals surface area contributed by atoms with Gasteiger partial charge in [0, 0.05) is 13.1 Å². The molecule has 0 aromatic heterocycles. The van der Waals surface area contributed by atoms with E-state index in [0.29, 0.717) is 25.6 Å². The molecule has 1 fully saturated rings. The molecular weight excluding hydrogens is 356 g/mol. The average Bonchev–Trinajstić information content (AvgIpc) is 2.64. The Morgan fingerprint density at radius 2 is 1.75 bits per heavy atom. The van der Waals surface area contributed by atoms with Crippen LogP contribution in [0, 0.1) is 5.92 Å². The van der Waals surface area contributed by atoms with Crippen molar-refractivity contribution in [1.82, 2.24) is 9.96 Å². The highest BCUT2D eigenvalue weighted by atomic mass is 16.7. The van der Waals surface area contributed by atoms with Crippen LogP contribution in [0.2, 0.25) is 0 Å². The number of carbonyl (C=O) groups excluding carboxylic acids is 2. The SMILES string of the molecule is CC(C)(C)ON(C=O)C(C)(C)CC1CCN(C(=O)OCc2ccccc2)CC1. The van der Waals surface area contributed by atoms with Gasteiger partial charge in [0.2, 0.25) is 6.41 Å². The number of hydrogen-bond acceptors (Lipinski definition) is 4. The Morgan fingerprint density at radius 1 is 1.14 bits per heavy atom. The number of rotatable bonds is 7. The summed E-state index contributed by atoms with van der Waals surface area (Å²) in [6.07, 6.45) is 3.13. The van der Waals surface area contributed by atoms with Gasteiger partial charge in [-0.1, -0.05) is 30.3 Å². The van der Waals surface area contributed by atoms with E-state index in [1.54, 1.807) is 4.90 Å². The molecule has 156 valence electrons. The maximum Gasteiger partial charge on any atom is 0.410 e. The molecule has 0 bridgehead atoms. The van der Waals surface area contributed by atoms with Crippen LogP contribution in [0.15, 0.2) is 30.3 Å². The van der Waals surface area contributed by atoms with Crippen LogP contribution in [0.5, 0.6) is 0 Å². The molecule has 1 aliphatic heterocycles. The van der Waals surface area contributed by atoms with E-state index in [9.17, 15) is 9.59 Å². The Kier molecular flexibility index (Phi) is 7.47. The van der Waals surface area contributed by atoms with Gasteiger partial charge < -0.3 is 9.64 Å². The van der Waals surface area contributed by atoms with Crippen molar-refractivity contribution < 1.29 is 19.2 Å². The van der Waals surface area contributed by atoms with E-state index in [2.05, 4.69) is 0 Å². The van der Waals surface area contributed by atoms with Gasteiger partial charge in [-0.05, 0) is 65.4 Å². The largest absolute Gasteiger partial charge is 0.445 e. The zero-order valence-electron chi connectivity index (χ0n) is 17.8. The van der Waals surface area contributed by atoms with Crippen molar-refractivity contribution in [2.45, 2.75) is 71.6 Å². The predicted molar refractivity (Wildman–Crippen MR) is 108 cm³/mol. The minimum absolute atomic E-state index is 0.257. The van der Waals surface area contributed by atoms with Crippen molar-refractivity contribution in [3.63, 3.8) is 0 Å². The van der Waals surface area contributed by atoms with Crippen LogP contribution in [-0.2, 0) is 21.0 Å². The summed E-state index contributed by atoms with van der Waals surface area (Å²) in [6.45, 7) is 11.5. The summed E-state index contributed by atoms with van der Waals surface area (Å²) in [7, 11) is 0. The van der Waals surface area contributed by atoms with Gasteiger partial charge in [-0.15, -0.1) is 0 Å². The average molecular weight is 391 g/mol. The molecule has 2 amide bonds. The van der Waals surface area contributed by atoms with Crippen LogP contribution in [0.1, 0.15) is 59.4 Å². The summed E-state index contributed by atoms with van der Waals surface area (Å²) in [5.74, 6) is 0.430. The van der Waals surface area contributed by atoms with E-state index < -0.39 is 11.1 Å². The second kappa shape index (κ2) is 9.41. The van der Waals surface area contributed by atoms with Crippen molar-refractivity contribution in [1.29, 1.82) is 0 Å². The molecule has 0 aliphatic carbocycles. The Bertz CT molecular complexity index is 632. The third-order valence-corrected chi connectivity index (χ3v) is 4.93. The topological polar surface area (TPSA) is 59.1 Å². The van der Waals surface area contributed by atoms with Gasteiger partial charge in [0.1, 0.15) is 6.61 Å². The van der Waals surface area contributed by atoms with Crippen molar-refractivity contribution in [2.24, 2.45) is 5.92 Å². The van der Waals surface area contributed by atoms with Gasteiger partial charge in [-0.2, -0.15) is 0 Å². The maximum atomic E-state index is 12.3. The van der Waals surface area contributed by atoms with E-state index in [-0.39, 0.29) is 6.09 Å². The molecule has 0 atom stereocenters.